The number of rotatable bonds is 8. The van der Waals surface area contributed by atoms with Crippen LogP contribution in [0.2, 0.25) is 5.02 Å². The summed E-state index contributed by atoms with van der Waals surface area (Å²) in [6.07, 6.45) is 2.44. The summed E-state index contributed by atoms with van der Waals surface area (Å²) in [7, 11) is 0. The first kappa shape index (κ1) is 22.4. The maximum Gasteiger partial charge on any atom is 0.330 e. The molecule has 0 aliphatic carbocycles. The number of unbranched alkanes of at least 4 members (excludes halogenated alkanes) is 1. The molecule has 3 aromatic rings. The second-order valence-electron chi connectivity index (χ2n) is 6.93. The lowest BCUT2D eigenvalue weighted by Gasteiger charge is -2.24. The Morgan fingerprint density at radius 3 is 2.71 bits per heavy atom. The molecule has 1 aromatic carbocycles. The molecule has 164 valence electrons. The molecule has 0 fully saturated rings. The van der Waals surface area contributed by atoms with Crippen LogP contribution in [0.1, 0.15) is 31.1 Å². The number of H-pyrrole nitrogens is 1. The third kappa shape index (κ3) is 4.88. The van der Waals surface area contributed by atoms with E-state index in [1.807, 2.05) is 6.92 Å². The van der Waals surface area contributed by atoms with Gasteiger partial charge < -0.3 is 10.2 Å². The minimum absolute atomic E-state index is 0.00656. The molecule has 3 rings (SSSR count). The maximum atomic E-state index is 14.3. The van der Waals surface area contributed by atoms with Gasteiger partial charge in [0.05, 0.1) is 19.2 Å². The van der Waals surface area contributed by atoms with Crippen LogP contribution in [0, 0.1) is 5.82 Å². The third-order valence-electron chi connectivity index (χ3n) is 4.80. The van der Waals surface area contributed by atoms with Gasteiger partial charge in [0.15, 0.2) is 5.69 Å². The second-order valence-corrected chi connectivity index (χ2v) is 7.34. The summed E-state index contributed by atoms with van der Waals surface area (Å²) < 4.78 is 20.8. The number of carbonyl (C=O) groups excluding carboxylic acids is 1. The Morgan fingerprint density at radius 1 is 1.29 bits per heavy atom. The molecule has 0 bridgehead atoms. The number of nitrogen functional groups attached to an aromatic ring is 1. The molecular formula is C21H22ClFN4O4. The Kier molecular flexibility index (Phi) is 6.96. The Hall–Kier alpha value is -3.33. The number of hydrogen-bond donors (Lipinski definition) is 2. The lowest BCUT2D eigenvalue weighted by Crippen LogP contribution is -2.41. The standard InChI is InChI=1S/C21H22ClFN4O4/c1-2-3-9-26-19(24)18(20(29)25-21(26)30)27(12-13-6-5-10-31-13)17(28)11-14-15(22)7-4-8-16(14)23/h4-8,10H,2-3,9,11-12,24H2,1H3,(H,25,29,30). The van der Waals surface area contributed by atoms with Gasteiger partial charge in [-0.1, -0.05) is 31.0 Å². The summed E-state index contributed by atoms with van der Waals surface area (Å²) in [5, 5.41) is 0.0843. The van der Waals surface area contributed by atoms with Gasteiger partial charge >= 0.3 is 5.69 Å². The second kappa shape index (κ2) is 9.65. The summed E-state index contributed by atoms with van der Waals surface area (Å²) in [6, 6.07) is 7.33. The quantitative estimate of drug-likeness (QED) is 0.549. The van der Waals surface area contributed by atoms with Crippen molar-refractivity contribution in [2.45, 2.75) is 39.3 Å². The number of furan rings is 1. The largest absolute Gasteiger partial charge is 0.467 e. The van der Waals surface area contributed by atoms with Gasteiger partial charge in [0, 0.05) is 17.1 Å². The molecule has 2 aromatic heterocycles. The number of benzene rings is 1. The van der Waals surface area contributed by atoms with Gasteiger partial charge in [0.2, 0.25) is 5.91 Å². The highest BCUT2D eigenvalue weighted by Crippen LogP contribution is 2.24. The average Bonchev–Trinajstić information content (AvgIpc) is 3.23. The van der Waals surface area contributed by atoms with E-state index in [1.165, 1.54) is 29.0 Å². The summed E-state index contributed by atoms with van der Waals surface area (Å²) in [5.74, 6) is -1.06. The molecule has 0 saturated carbocycles. The monoisotopic (exact) mass is 448 g/mol. The molecule has 10 heteroatoms. The highest BCUT2D eigenvalue weighted by Gasteiger charge is 2.26. The van der Waals surface area contributed by atoms with Crippen LogP contribution >= 0.6 is 11.6 Å². The van der Waals surface area contributed by atoms with Crippen LogP contribution in [-0.4, -0.2) is 15.5 Å². The summed E-state index contributed by atoms with van der Waals surface area (Å²) >= 11 is 6.07. The van der Waals surface area contributed by atoms with E-state index in [0.717, 1.165) is 11.3 Å². The van der Waals surface area contributed by atoms with Crippen LogP contribution in [0.4, 0.5) is 15.9 Å². The Labute approximate surface area is 182 Å². The summed E-state index contributed by atoms with van der Waals surface area (Å²) in [6.45, 7) is 2.07. The average molecular weight is 449 g/mol. The van der Waals surface area contributed by atoms with Crippen LogP contribution in [0.25, 0.3) is 0 Å². The first-order valence-corrected chi connectivity index (χ1v) is 10.1. The van der Waals surface area contributed by atoms with E-state index in [0.29, 0.717) is 12.2 Å². The lowest BCUT2D eigenvalue weighted by atomic mass is 10.1. The van der Waals surface area contributed by atoms with Crippen LogP contribution in [0.3, 0.4) is 0 Å². The van der Waals surface area contributed by atoms with Gasteiger partial charge in [-0.2, -0.15) is 0 Å². The Balaban J connectivity index is 2.09. The molecule has 2 heterocycles. The number of carbonyl (C=O) groups is 1. The SMILES string of the molecule is CCCCn1c(N)c(N(Cc2ccco2)C(=O)Cc2c(F)cccc2Cl)c(=O)[nH]c1=O. The molecule has 0 aliphatic heterocycles. The highest BCUT2D eigenvalue weighted by atomic mass is 35.5. The van der Waals surface area contributed by atoms with Crippen molar-refractivity contribution in [1.29, 1.82) is 0 Å². The minimum Gasteiger partial charge on any atom is -0.467 e. The van der Waals surface area contributed by atoms with Crippen molar-refractivity contribution in [2.24, 2.45) is 0 Å². The number of hydrogen-bond acceptors (Lipinski definition) is 5. The number of amides is 1. The fourth-order valence-electron chi connectivity index (χ4n) is 3.17. The van der Waals surface area contributed by atoms with Crippen molar-refractivity contribution in [3.05, 3.63) is 79.6 Å². The topological polar surface area (TPSA) is 114 Å². The molecular weight excluding hydrogens is 427 g/mol. The predicted octanol–water partition coefficient (Wildman–Crippen LogP) is 3.08. The molecule has 1 amide bonds. The fourth-order valence-corrected chi connectivity index (χ4v) is 3.40. The van der Waals surface area contributed by atoms with E-state index in [-0.39, 0.29) is 35.2 Å². The first-order chi connectivity index (χ1) is 14.8. The van der Waals surface area contributed by atoms with Crippen LogP contribution in [0.15, 0.2) is 50.6 Å². The predicted molar refractivity (Wildman–Crippen MR) is 116 cm³/mol. The van der Waals surface area contributed by atoms with E-state index in [1.54, 1.807) is 12.1 Å². The number of aromatic nitrogens is 2. The Morgan fingerprint density at radius 2 is 2.06 bits per heavy atom. The molecule has 0 unspecified atom stereocenters. The van der Waals surface area contributed by atoms with Gasteiger partial charge in [-0.3, -0.25) is 24.0 Å². The van der Waals surface area contributed by atoms with Gasteiger partial charge in [-0.15, -0.1) is 0 Å². The van der Waals surface area contributed by atoms with E-state index < -0.39 is 29.4 Å². The number of halogens is 2. The van der Waals surface area contributed by atoms with E-state index in [2.05, 4.69) is 4.98 Å². The van der Waals surface area contributed by atoms with Crippen molar-refractivity contribution in [2.75, 3.05) is 10.6 Å². The summed E-state index contributed by atoms with van der Waals surface area (Å²) in [5.41, 5.74) is 4.47. The van der Waals surface area contributed by atoms with Gasteiger partial charge in [-0.05, 0) is 30.7 Å². The van der Waals surface area contributed by atoms with Gasteiger partial charge in [0.25, 0.3) is 5.56 Å². The van der Waals surface area contributed by atoms with Crippen molar-refractivity contribution < 1.29 is 13.6 Å². The van der Waals surface area contributed by atoms with Crippen molar-refractivity contribution in [3.8, 4) is 0 Å². The van der Waals surface area contributed by atoms with E-state index >= 15 is 0 Å². The molecule has 31 heavy (non-hydrogen) atoms. The molecule has 0 atom stereocenters. The van der Waals surface area contributed by atoms with Crippen molar-refractivity contribution in [1.82, 2.24) is 9.55 Å². The van der Waals surface area contributed by atoms with Gasteiger partial charge in [-0.25, -0.2) is 9.18 Å². The Bertz CT molecular complexity index is 1170. The number of nitrogens with zero attached hydrogens (tertiary/aromatic N) is 2. The minimum atomic E-state index is -0.824. The molecule has 3 N–H and O–H groups in total. The maximum absolute atomic E-state index is 14.3. The van der Waals surface area contributed by atoms with E-state index in [4.69, 9.17) is 21.8 Å². The van der Waals surface area contributed by atoms with Crippen LogP contribution < -0.4 is 21.9 Å². The van der Waals surface area contributed by atoms with Crippen molar-refractivity contribution in [3.63, 3.8) is 0 Å². The number of anilines is 2. The lowest BCUT2D eigenvalue weighted by molar-refractivity contribution is -0.118. The highest BCUT2D eigenvalue weighted by molar-refractivity contribution is 6.31. The van der Waals surface area contributed by atoms with Gasteiger partial charge in [0.1, 0.15) is 17.4 Å². The third-order valence-corrected chi connectivity index (χ3v) is 5.16. The van der Waals surface area contributed by atoms with E-state index in [9.17, 15) is 18.8 Å². The zero-order valence-corrected chi connectivity index (χ0v) is 17.6. The van der Waals surface area contributed by atoms with Crippen molar-refractivity contribution >= 4 is 29.0 Å². The zero-order chi connectivity index (χ0) is 22.5. The number of nitrogens with one attached hydrogen (secondary N) is 1. The molecule has 8 nitrogen and oxygen atoms in total. The molecule has 0 aliphatic rings. The first-order valence-electron chi connectivity index (χ1n) is 9.71. The molecule has 0 saturated heterocycles. The normalized spacial score (nSPS) is 10.9. The fraction of sp³-hybridized carbons (Fsp3) is 0.286. The number of nitrogens with two attached hydrogens (primary N) is 1. The zero-order valence-electron chi connectivity index (χ0n) is 16.9. The van der Waals surface area contributed by atoms with Crippen LogP contribution in [0.5, 0.6) is 0 Å². The smallest absolute Gasteiger partial charge is 0.330 e. The summed E-state index contributed by atoms with van der Waals surface area (Å²) in [4.78, 5) is 41.4. The molecule has 0 radical (unpaired) electrons. The number of aromatic amines is 1. The van der Waals surface area contributed by atoms with Crippen LogP contribution in [-0.2, 0) is 24.3 Å². The molecule has 0 spiro atoms.